The third-order valence-corrected chi connectivity index (χ3v) is 3.73. The van der Waals surface area contributed by atoms with Crippen molar-refractivity contribution in [3.05, 3.63) is 0 Å². The van der Waals surface area contributed by atoms with Crippen molar-refractivity contribution in [1.29, 1.82) is 0 Å². The number of hydrogen-bond acceptors (Lipinski definition) is 7. The molecule has 0 aromatic carbocycles. The molecule has 22 heavy (non-hydrogen) atoms. The normalized spacial score (nSPS) is 33.2. The lowest BCUT2D eigenvalue weighted by Gasteiger charge is -2.42. The Morgan fingerprint density at radius 1 is 1.27 bits per heavy atom. The minimum atomic E-state index is -1.25. The van der Waals surface area contributed by atoms with Gasteiger partial charge in [-0.1, -0.05) is 0 Å². The number of amides is 1. The largest absolute Gasteiger partial charge is 0.480 e. The van der Waals surface area contributed by atoms with Crippen LogP contribution < -0.4 is 5.32 Å². The van der Waals surface area contributed by atoms with E-state index in [0.29, 0.717) is 0 Å². The Hall–Kier alpha value is -1.26. The minimum absolute atomic E-state index is 0.0505. The molecule has 9 heteroatoms. The van der Waals surface area contributed by atoms with E-state index in [0.717, 1.165) is 0 Å². The van der Waals surface area contributed by atoms with E-state index >= 15 is 0 Å². The number of rotatable bonds is 7. The van der Waals surface area contributed by atoms with Gasteiger partial charge in [0.05, 0.1) is 24.4 Å². The van der Waals surface area contributed by atoms with Crippen LogP contribution in [-0.4, -0.2) is 82.6 Å². The first-order valence-corrected chi connectivity index (χ1v) is 6.90. The summed E-state index contributed by atoms with van der Waals surface area (Å²) in [5, 5.41) is 39.8. The summed E-state index contributed by atoms with van der Waals surface area (Å²) in [4.78, 5) is 22.1. The molecule has 9 nitrogen and oxygen atoms in total. The van der Waals surface area contributed by atoms with Crippen LogP contribution in [0.3, 0.4) is 0 Å². The number of carbonyl (C=O) groups is 2. The monoisotopic (exact) mass is 321 g/mol. The molecule has 1 aliphatic carbocycles. The second kappa shape index (κ2) is 7.84. The van der Waals surface area contributed by atoms with Gasteiger partial charge in [0.15, 0.2) is 0 Å². The number of carboxylic acid groups (broad SMARTS) is 1. The first-order chi connectivity index (χ1) is 10.2. The van der Waals surface area contributed by atoms with Gasteiger partial charge in [-0.3, -0.25) is 9.59 Å². The second-order valence-electron chi connectivity index (χ2n) is 5.54. The maximum atomic E-state index is 11.5. The fraction of sp³-hybridized carbons (Fsp3) is 0.846. The van der Waals surface area contributed by atoms with Crippen LogP contribution in [0.5, 0.6) is 0 Å². The fourth-order valence-electron chi connectivity index (χ4n) is 2.36. The highest BCUT2D eigenvalue weighted by atomic mass is 16.5. The van der Waals surface area contributed by atoms with Crippen molar-refractivity contribution in [2.45, 2.75) is 49.7 Å². The van der Waals surface area contributed by atoms with Crippen LogP contribution in [0.15, 0.2) is 0 Å². The SMILES string of the molecule is COC1(COCC(=O)N[C@@H](C)C(=O)O)CC(O)C(O)C(O)C1. The summed E-state index contributed by atoms with van der Waals surface area (Å²) in [5.74, 6) is -1.76. The second-order valence-corrected chi connectivity index (χ2v) is 5.54. The molecule has 0 aromatic rings. The van der Waals surface area contributed by atoms with Gasteiger partial charge in [0.1, 0.15) is 18.8 Å². The van der Waals surface area contributed by atoms with Crippen molar-refractivity contribution in [2.75, 3.05) is 20.3 Å². The van der Waals surface area contributed by atoms with Crippen LogP contribution in [0.4, 0.5) is 0 Å². The Morgan fingerprint density at radius 3 is 2.27 bits per heavy atom. The molecule has 1 fully saturated rings. The molecule has 2 unspecified atom stereocenters. The molecule has 0 heterocycles. The van der Waals surface area contributed by atoms with Gasteiger partial charge < -0.3 is 35.2 Å². The number of aliphatic carboxylic acids is 1. The van der Waals surface area contributed by atoms with Crippen molar-refractivity contribution >= 4 is 11.9 Å². The van der Waals surface area contributed by atoms with Crippen LogP contribution >= 0.6 is 0 Å². The van der Waals surface area contributed by atoms with E-state index in [1.807, 2.05) is 0 Å². The average molecular weight is 321 g/mol. The molecule has 0 aliphatic heterocycles. The van der Waals surface area contributed by atoms with Crippen molar-refractivity contribution < 1.29 is 39.5 Å². The van der Waals surface area contributed by atoms with Gasteiger partial charge >= 0.3 is 5.97 Å². The maximum Gasteiger partial charge on any atom is 0.325 e. The average Bonchev–Trinajstić information content (AvgIpc) is 2.44. The number of carbonyl (C=O) groups excluding carboxylic acids is 1. The van der Waals surface area contributed by atoms with E-state index in [9.17, 15) is 24.9 Å². The minimum Gasteiger partial charge on any atom is -0.480 e. The number of carboxylic acids is 1. The van der Waals surface area contributed by atoms with Gasteiger partial charge in [0.2, 0.25) is 5.91 Å². The van der Waals surface area contributed by atoms with Crippen LogP contribution in [0, 0.1) is 0 Å². The molecule has 1 rings (SSSR count). The van der Waals surface area contributed by atoms with Crippen molar-refractivity contribution in [1.82, 2.24) is 5.32 Å². The highest BCUT2D eigenvalue weighted by Gasteiger charge is 2.45. The number of hydrogen-bond donors (Lipinski definition) is 5. The predicted molar refractivity (Wildman–Crippen MR) is 73.1 cm³/mol. The molecule has 0 bridgehead atoms. The summed E-state index contributed by atoms with van der Waals surface area (Å²) in [5.41, 5.74) is -1.02. The van der Waals surface area contributed by atoms with Gasteiger partial charge in [-0.15, -0.1) is 0 Å². The van der Waals surface area contributed by atoms with E-state index in [2.05, 4.69) is 5.32 Å². The summed E-state index contributed by atoms with van der Waals surface area (Å²) < 4.78 is 10.5. The molecule has 1 saturated carbocycles. The Bertz CT molecular complexity index is 390. The van der Waals surface area contributed by atoms with E-state index < -0.39 is 41.8 Å². The van der Waals surface area contributed by atoms with Crippen LogP contribution in [0.2, 0.25) is 0 Å². The molecular weight excluding hydrogens is 298 g/mol. The lowest BCUT2D eigenvalue weighted by atomic mass is 9.80. The first kappa shape index (κ1) is 18.8. The zero-order chi connectivity index (χ0) is 16.9. The number of nitrogens with one attached hydrogen (secondary N) is 1. The Labute approximate surface area is 127 Å². The number of ether oxygens (including phenoxy) is 2. The molecular formula is C13H23NO8. The van der Waals surface area contributed by atoms with Gasteiger partial charge in [0.25, 0.3) is 0 Å². The third kappa shape index (κ3) is 4.89. The molecule has 5 N–H and O–H groups in total. The number of aliphatic hydroxyl groups is 3. The third-order valence-electron chi connectivity index (χ3n) is 3.73. The summed E-state index contributed by atoms with van der Waals surface area (Å²) in [6.07, 6.45) is -3.46. The van der Waals surface area contributed by atoms with E-state index in [4.69, 9.17) is 14.6 Å². The van der Waals surface area contributed by atoms with Gasteiger partial charge in [-0.05, 0) is 6.92 Å². The smallest absolute Gasteiger partial charge is 0.325 e. The number of aliphatic hydroxyl groups excluding tert-OH is 3. The molecule has 0 aromatic heterocycles. The van der Waals surface area contributed by atoms with Crippen molar-refractivity contribution in [2.24, 2.45) is 0 Å². The first-order valence-electron chi connectivity index (χ1n) is 6.90. The van der Waals surface area contributed by atoms with Crippen LogP contribution in [-0.2, 0) is 19.1 Å². The predicted octanol–water partition coefficient (Wildman–Crippen LogP) is -2.15. The Balaban J connectivity index is 2.47. The summed E-state index contributed by atoms with van der Waals surface area (Å²) in [6.45, 7) is 0.864. The molecule has 1 amide bonds. The Kier molecular flexibility index (Phi) is 6.69. The topological polar surface area (TPSA) is 146 Å². The summed E-state index contributed by atoms with van der Waals surface area (Å²) >= 11 is 0. The molecule has 1 aliphatic rings. The van der Waals surface area contributed by atoms with E-state index in [1.165, 1.54) is 14.0 Å². The lowest BCUT2D eigenvalue weighted by molar-refractivity contribution is -0.185. The zero-order valence-electron chi connectivity index (χ0n) is 12.6. The van der Waals surface area contributed by atoms with Crippen LogP contribution in [0.1, 0.15) is 19.8 Å². The van der Waals surface area contributed by atoms with E-state index in [1.54, 1.807) is 0 Å². The molecule has 0 radical (unpaired) electrons. The summed E-state index contributed by atoms with van der Waals surface area (Å²) in [7, 11) is 1.38. The van der Waals surface area contributed by atoms with Crippen LogP contribution in [0.25, 0.3) is 0 Å². The van der Waals surface area contributed by atoms with Gasteiger partial charge in [-0.2, -0.15) is 0 Å². The highest BCUT2D eigenvalue weighted by molar-refractivity contribution is 5.83. The van der Waals surface area contributed by atoms with Crippen molar-refractivity contribution in [3.8, 4) is 0 Å². The van der Waals surface area contributed by atoms with Gasteiger partial charge in [0, 0.05) is 20.0 Å². The molecule has 3 atom stereocenters. The fourth-order valence-corrected chi connectivity index (χ4v) is 2.36. The highest BCUT2D eigenvalue weighted by Crippen LogP contribution is 2.32. The molecule has 0 spiro atoms. The quantitative estimate of drug-likeness (QED) is 0.357. The zero-order valence-corrected chi connectivity index (χ0v) is 12.6. The molecule has 128 valence electrons. The number of methoxy groups -OCH3 is 1. The summed E-state index contributed by atoms with van der Waals surface area (Å²) in [6, 6.07) is -1.03. The van der Waals surface area contributed by atoms with Crippen molar-refractivity contribution in [3.63, 3.8) is 0 Å². The standard InChI is InChI=1S/C13H23NO8/c1-7(12(19)20)14-10(17)5-22-6-13(21-2)3-8(15)11(18)9(16)4-13/h7-9,11,15-16,18H,3-6H2,1-2H3,(H,14,17)(H,19,20)/t7-,8?,9?,11?,13?/m0/s1. The van der Waals surface area contributed by atoms with E-state index in [-0.39, 0.29) is 26.1 Å². The maximum absolute atomic E-state index is 11.5. The lowest BCUT2D eigenvalue weighted by Crippen LogP contribution is -2.55. The Morgan fingerprint density at radius 2 is 1.82 bits per heavy atom. The molecule has 0 saturated heterocycles. The van der Waals surface area contributed by atoms with Gasteiger partial charge in [-0.25, -0.2) is 0 Å².